The predicted octanol–water partition coefficient (Wildman–Crippen LogP) is 14.2. The summed E-state index contributed by atoms with van der Waals surface area (Å²) in [6, 6.07) is 61.3. The van der Waals surface area contributed by atoms with Gasteiger partial charge in [-0.1, -0.05) is 74.5 Å². The van der Waals surface area contributed by atoms with Gasteiger partial charge in [0.05, 0.1) is 49.3 Å². The van der Waals surface area contributed by atoms with Gasteiger partial charge in [0.15, 0.2) is 10.9 Å². The highest BCUT2D eigenvalue weighted by molar-refractivity contribution is 6.37. The second kappa shape index (κ2) is 14.2. The Bertz CT molecular complexity index is 4020. The Balaban J connectivity index is 1.31. The molecule has 0 saturated carbocycles. The summed E-state index contributed by atoms with van der Waals surface area (Å²) in [6.07, 6.45) is 1.92. The van der Waals surface area contributed by atoms with Crippen LogP contribution in [-0.4, -0.2) is 18.3 Å². The van der Waals surface area contributed by atoms with Crippen LogP contribution in [0.5, 0.6) is 0 Å². The molecule has 0 radical (unpaired) electrons. The second-order valence-electron chi connectivity index (χ2n) is 17.5. The maximum atomic E-state index is 14.6. The standard InChI is InChI=1S/C59H43N4O2/c1-3-30-60-48-24-15-25-49-56(48)57(54-42-34-52-44(32-36(42)26-28-50(54)60)58(64)40-20-11-13-22-46(40)62(52)38-16-7-5-8-17-38)55-43-35-53-45(33-37(43)27-29-51(55)61(49)31-4-2)59(65)41-21-12-14-23-47(41)63(53)39-18-9-6-10-19-39/h5-29,32-35H,3-4,30-31H2,1-2H3/q+1. The minimum atomic E-state index is 0.0309. The number of pyridine rings is 4. The summed E-state index contributed by atoms with van der Waals surface area (Å²) in [5.41, 5.74) is 10.2. The molecule has 0 aliphatic heterocycles. The van der Waals surface area contributed by atoms with Crippen molar-refractivity contribution in [3.05, 3.63) is 196 Å². The Hall–Kier alpha value is -8.09. The van der Waals surface area contributed by atoms with Crippen LogP contribution in [0, 0.1) is 0 Å². The van der Waals surface area contributed by atoms with Crippen LogP contribution in [0.3, 0.4) is 0 Å². The molecule has 4 heterocycles. The van der Waals surface area contributed by atoms with Gasteiger partial charge >= 0.3 is 0 Å². The van der Waals surface area contributed by atoms with E-state index in [1.165, 1.54) is 21.8 Å². The molecule has 310 valence electrons. The van der Waals surface area contributed by atoms with E-state index in [0.717, 1.165) is 103 Å². The van der Waals surface area contributed by atoms with Crippen LogP contribution in [0.25, 0.3) is 120 Å². The molecule has 0 atom stereocenters. The number of nitrogens with zero attached hydrogens (tertiary/aromatic N) is 4. The first-order chi connectivity index (χ1) is 32.0. The van der Waals surface area contributed by atoms with Crippen LogP contribution in [0.15, 0.2) is 186 Å². The van der Waals surface area contributed by atoms with E-state index >= 15 is 0 Å². The largest absolute Gasteiger partial charge is 0.308 e. The van der Waals surface area contributed by atoms with E-state index in [0.29, 0.717) is 21.5 Å². The van der Waals surface area contributed by atoms with Gasteiger partial charge in [-0.15, -0.1) is 0 Å². The topological polar surface area (TPSA) is 53.9 Å². The summed E-state index contributed by atoms with van der Waals surface area (Å²) in [5.74, 6) is 0. The molecule has 0 bridgehead atoms. The van der Waals surface area contributed by atoms with Crippen LogP contribution in [0.1, 0.15) is 26.7 Å². The van der Waals surface area contributed by atoms with E-state index in [9.17, 15) is 9.59 Å². The van der Waals surface area contributed by atoms with Gasteiger partial charge in [0.25, 0.3) is 0 Å². The normalized spacial score (nSPS) is 12.2. The summed E-state index contributed by atoms with van der Waals surface area (Å²) in [4.78, 5) is 29.1. The van der Waals surface area contributed by atoms with Crippen molar-refractivity contribution in [3.63, 3.8) is 0 Å². The van der Waals surface area contributed by atoms with E-state index in [1.807, 2.05) is 48.5 Å². The van der Waals surface area contributed by atoms with E-state index < -0.39 is 0 Å². The smallest absolute Gasteiger partial charge is 0.197 e. The first-order valence-corrected chi connectivity index (χ1v) is 22.8. The molecule has 0 fully saturated rings. The van der Waals surface area contributed by atoms with Crippen molar-refractivity contribution in [1.82, 2.24) is 18.3 Å². The highest BCUT2D eigenvalue weighted by Gasteiger charge is 2.27. The average Bonchev–Trinajstić information content (AvgIpc) is 3.35. The van der Waals surface area contributed by atoms with E-state index in [1.54, 1.807) is 0 Å². The molecule has 0 saturated heterocycles. The second-order valence-corrected chi connectivity index (χ2v) is 17.5. The maximum Gasteiger partial charge on any atom is 0.197 e. The van der Waals surface area contributed by atoms with Crippen LogP contribution >= 0.6 is 0 Å². The van der Waals surface area contributed by atoms with Crippen molar-refractivity contribution >= 4 is 109 Å². The third kappa shape index (κ3) is 5.25. The number of rotatable bonds is 6. The van der Waals surface area contributed by atoms with E-state index in [4.69, 9.17) is 0 Å². The molecule has 0 aliphatic carbocycles. The van der Waals surface area contributed by atoms with Gasteiger partial charge in [-0.3, -0.25) is 18.7 Å². The van der Waals surface area contributed by atoms with Gasteiger partial charge in [0.2, 0.25) is 0 Å². The van der Waals surface area contributed by atoms with E-state index in [-0.39, 0.29) is 10.9 Å². The average molecular weight is 840 g/mol. The highest BCUT2D eigenvalue weighted by Crippen LogP contribution is 2.45. The van der Waals surface area contributed by atoms with Crippen molar-refractivity contribution in [2.75, 3.05) is 0 Å². The Morgan fingerprint density at radius 1 is 0.354 bits per heavy atom. The van der Waals surface area contributed by atoms with Crippen LogP contribution in [-0.2, 0) is 13.1 Å². The van der Waals surface area contributed by atoms with Crippen molar-refractivity contribution in [1.29, 1.82) is 0 Å². The molecule has 6 nitrogen and oxygen atoms in total. The highest BCUT2D eigenvalue weighted by atomic mass is 16.1. The van der Waals surface area contributed by atoms with Crippen molar-refractivity contribution in [2.45, 2.75) is 39.8 Å². The Morgan fingerprint density at radius 3 is 1.20 bits per heavy atom. The molecular formula is C59H43N4O2+. The number of hydrogen-bond acceptors (Lipinski definition) is 2. The monoisotopic (exact) mass is 839 g/mol. The first kappa shape index (κ1) is 37.5. The van der Waals surface area contributed by atoms with Crippen molar-refractivity contribution in [2.24, 2.45) is 0 Å². The van der Waals surface area contributed by atoms with Gasteiger partial charge in [0.1, 0.15) is 16.4 Å². The summed E-state index contributed by atoms with van der Waals surface area (Å²) in [5, 5.41) is 11.7. The molecule has 9 aromatic carbocycles. The molecule has 0 aliphatic rings. The molecular weight excluding hydrogens is 797 g/mol. The molecule has 0 spiro atoms. The Labute approximate surface area is 373 Å². The maximum absolute atomic E-state index is 14.6. The lowest BCUT2D eigenvalue weighted by atomic mass is 9.91. The minimum absolute atomic E-state index is 0.0309. The lowest BCUT2D eigenvalue weighted by Gasteiger charge is -2.21. The number of para-hydroxylation sites is 4. The van der Waals surface area contributed by atoms with Crippen LogP contribution in [0.2, 0.25) is 0 Å². The van der Waals surface area contributed by atoms with Gasteiger partial charge in [-0.05, 0) is 128 Å². The minimum Gasteiger partial charge on any atom is -0.308 e. The number of aryl methyl sites for hydroxylation is 2. The number of fused-ring (bicyclic) bond motifs is 12. The van der Waals surface area contributed by atoms with E-state index in [2.05, 4.69) is 160 Å². The molecule has 6 heteroatoms. The molecule has 13 rings (SSSR count). The summed E-state index contributed by atoms with van der Waals surface area (Å²) in [6.45, 7) is 6.18. The SMILES string of the molecule is CCCn1c2ccc3cc4c(=O)c5ccccc5n(-c5ccccc5)c4cc3c2[c+]2c3c4cc5c(cc4ccc3n(CCC)c3cccc1c32)c(=O)c1ccccc1n5-c1ccccc1. The fourth-order valence-electron chi connectivity index (χ4n) is 11.2. The third-order valence-electron chi connectivity index (χ3n) is 13.8. The zero-order chi connectivity index (χ0) is 43.5. The molecule has 0 N–H and O–H groups in total. The lowest BCUT2D eigenvalue weighted by Crippen LogP contribution is -2.11. The van der Waals surface area contributed by atoms with Gasteiger partial charge in [0, 0.05) is 67.6 Å². The van der Waals surface area contributed by atoms with Crippen LogP contribution in [0.4, 0.5) is 0 Å². The molecule has 0 amide bonds. The quantitative estimate of drug-likeness (QED) is 0.0951. The summed E-state index contributed by atoms with van der Waals surface area (Å²) >= 11 is 0. The zero-order valence-electron chi connectivity index (χ0n) is 36.2. The van der Waals surface area contributed by atoms with Crippen LogP contribution < -0.4 is 10.9 Å². The first-order valence-electron chi connectivity index (χ1n) is 22.8. The van der Waals surface area contributed by atoms with Crippen molar-refractivity contribution in [3.8, 4) is 11.4 Å². The van der Waals surface area contributed by atoms with Crippen molar-refractivity contribution < 1.29 is 0 Å². The summed E-state index contributed by atoms with van der Waals surface area (Å²) in [7, 11) is 0. The molecule has 65 heavy (non-hydrogen) atoms. The molecule has 4 aromatic heterocycles. The number of hydrogen-bond donors (Lipinski definition) is 0. The van der Waals surface area contributed by atoms with Gasteiger partial charge in [-0.2, -0.15) is 0 Å². The zero-order valence-corrected chi connectivity index (χ0v) is 36.2. The molecule has 0 unspecified atom stereocenters. The lowest BCUT2D eigenvalue weighted by molar-refractivity contribution is 0.716. The predicted molar refractivity (Wildman–Crippen MR) is 274 cm³/mol. The fourth-order valence-corrected chi connectivity index (χ4v) is 11.2. The third-order valence-corrected chi connectivity index (χ3v) is 13.8. The molecule has 13 aromatic rings. The van der Waals surface area contributed by atoms with Gasteiger partial charge in [-0.25, -0.2) is 0 Å². The Morgan fingerprint density at radius 2 is 0.754 bits per heavy atom. The fraction of sp³-hybridized carbons (Fsp3) is 0.102. The summed E-state index contributed by atoms with van der Waals surface area (Å²) < 4.78 is 9.55. The number of benzene rings is 9. The van der Waals surface area contributed by atoms with Gasteiger partial charge < -0.3 is 9.13 Å². The Kier molecular flexibility index (Phi) is 8.19. The number of aromatic nitrogens is 4.